The highest BCUT2D eigenvalue weighted by atomic mass is 35.5. The van der Waals surface area contributed by atoms with E-state index in [1.54, 1.807) is 31.2 Å². The molecule has 0 saturated heterocycles. The molecule has 4 nitrogen and oxygen atoms in total. The highest BCUT2D eigenvalue weighted by molar-refractivity contribution is 7.98. The molecule has 0 heterocycles. The number of amides is 2. The lowest BCUT2D eigenvalue weighted by atomic mass is 10.1. The summed E-state index contributed by atoms with van der Waals surface area (Å²) in [6.45, 7) is 1.59. The number of hydrogen-bond donors (Lipinski definition) is 2. The van der Waals surface area contributed by atoms with Crippen LogP contribution in [-0.2, 0) is 4.79 Å². The molecule has 2 amide bonds. The van der Waals surface area contributed by atoms with Crippen LogP contribution < -0.4 is 10.6 Å². The molecule has 0 bridgehead atoms. The van der Waals surface area contributed by atoms with Gasteiger partial charge in [0.2, 0.25) is 5.91 Å². The van der Waals surface area contributed by atoms with Crippen LogP contribution in [0.1, 0.15) is 35.3 Å². The van der Waals surface area contributed by atoms with Crippen molar-refractivity contribution in [1.29, 1.82) is 0 Å². The summed E-state index contributed by atoms with van der Waals surface area (Å²) in [5.41, 5.74) is 0.430. The van der Waals surface area contributed by atoms with E-state index in [0.717, 1.165) is 12.1 Å². The predicted molar refractivity (Wildman–Crippen MR) is 109 cm³/mol. The smallest absolute Gasteiger partial charge is 0.253 e. The first kappa shape index (κ1) is 22.2. The first-order chi connectivity index (χ1) is 13.3. The number of nitrogens with one attached hydrogen (secondary N) is 2. The maximum absolute atomic E-state index is 14.0. The Morgan fingerprint density at radius 3 is 2.50 bits per heavy atom. The molecule has 8 heteroatoms. The molecule has 0 aliphatic heterocycles. The van der Waals surface area contributed by atoms with Crippen molar-refractivity contribution in [3.05, 3.63) is 70.2 Å². The summed E-state index contributed by atoms with van der Waals surface area (Å²) in [7, 11) is 0. The molecule has 0 aromatic heterocycles. The number of halogens is 3. The molecular formula is C20H21ClF2N2O2S. The molecule has 150 valence electrons. The van der Waals surface area contributed by atoms with Crippen LogP contribution in [-0.4, -0.2) is 29.9 Å². The molecule has 0 spiro atoms. The fourth-order valence-corrected chi connectivity index (χ4v) is 3.32. The molecule has 0 saturated carbocycles. The molecule has 0 aliphatic rings. The van der Waals surface area contributed by atoms with Gasteiger partial charge in [0.1, 0.15) is 17.7 Å². The maximum Gasteiger partial charge on any atom is 0.253 e. The van der Waals surface area contributed by atoms with Crippen molar-refractivity contribution in [3.63, 3.8) is 0 Å². The molecule has 2 aromatic carbocycles. The zero-order valence-corrected chi connectivity index (χ0v) is 17.0. The van der Waals surface area contributed by atoms with Crippen molar-refractivity contribution < 1.29 is 18.4 Å². The molecule has 2 N–H and O–H groups in total. The third kappa shape index (κ3) is 5.94. The van der Waals surface area contributed by atoms with Gasteiger partial charge in [-0.25, -0.2) is 8.78 Å². The summed E-state index contributed by atoms with van der Waals surface area (Å²) in [5.74, 6) is -1.71. The minimum absolute atomic E-state index is 0.163. The second-order valence-electron chi connectivity index (χ2n) is 6.18. The number of carbonyl (C=O) groups is 2. The lowest BCUT2D eigenvalue weighted by Gasteiger charge is -2.22. The van der Waals surface area contributed by atoms with Gasteiger partial charge in [-0.15, -0.1) is 0 Å². The second kappa shape index (κ2) is 10.4. The minimum atomic E-state index is -0.817. The number of carbonyl (C=O) groups excluding carboxylic acids is 2. The van der Waals surface area contributed by atoms with E-state index in [-0.39, 0.29) is 16.1 Å². The van der Waals surface area contributed by atoms with Crippen LogP contribution in [0.2, 0.25) is 5.02 Å². The predicted octanol–water partition coefficient (Wildman–Crippen LogP) is 4.35. The molecule has 0 fully saturated rings. The van der Waals surface area contributed by atoms with Crippen molar-refractivity contribution in [2.24, 2.45) is 0 Å². The van der Waals surface area contributed by atoms with E-state index in [1.807, 2.05) is 6.26 Å². The summed E-state index contributed by atoms with van der Waals surface area (Å²) in [6, 6.07) is 8.21. The molecular weight excluding hydrogens is 406 g/mol. The lowest BCUT2D eigenvalue weighted by Crippen LogP contribution is -2.47. The molecule has 0 radical (unpaired) electrons. The Morgan fingerprint density at radius 2 is 1.86 bits per heavy atom. The van der Waals surface area contributed by atoms with E-state index in [4.69, 9.17) is 11.6 Å². The number of benzene rings is 2. The third-order valence-electron chi connectivity index (χ3n) is 4.14. The molecule has 2 atom stereocenters. The Kier molecular flexibility index (Phi) is 8.26. The van der Waals surface area contributed by atoms with Gasteiger partial charge in [0.15, 0.2) is 0 Å². The van der Waals surface area contributed by atoms with Crippen molar-refractivity contribution in [3.8, 4) is 0 Å². The van der Waals surface area contributed by atoms with Crippen molar-refractivity contribution in [2.75, 3.05) is 12.0 Å². The van der Waals surface area contributed by atoms with Crippen molar-refractivity contribution in [2.45, 2.75) is 25.4 Å². The van der Waals surface area contributed by atoms with E-state index >= 15 is 0 Å². The van der Waals surface area contributed by atoms with Crippen LogP contribution in [0.25, 0.3) is 0 Å². The zero-order chi connectivity index (χ0) is 20.7. The Bertz CT molecular complexity index is 851. The van der Waals surface area contributed by atoms with Gasteiger partial charge in [-0.05, 0) is 43.6 Å². The van der Waals surface area contributed by atoms with E-state index < -0.39 is 35.5 Å². The average molecular weight is 427 g/mol. The fraction of sp³-hybridized carbons (Fsp3) is 0.300. The Hall–Kier alpha value is -2.12. The maximum atomic E-state index is 14.0. The molecule has 2 unspecified atom stereocenters. The van der Waals surface area contributed by atoms with Gasteiger partial charge >= 0.3 is 0 Å². The molecule has 28 heavy (non-hydrogen) atoms. The Labute approximate surface area is 172 Å². The number of hydrogen-bond acceptors (Lipinski definition) is 3. The van der Waals surface area contributed by atoms with E-state index in [0.29, 0.717) is 12.2 Å². The van der Waals surface area contributed by atoms with Crippen LogP contribution in [0, 0.1) is 11.6 Å². The standard InChI is InChI=1S/C20H21ClF2N2O2S/c1-12(14-8-7-13(22)11-17(14)23)24-20(27)18(9-10-28-2)25-19(26)15-5-3-4-6-16(15)21/h3-8,11-12,18H,9-10H2,1-2H3,(H,24,27)(H,25,26). The third-order valence-corrected chi connectivity index (χ3v) is 5.11. The SMILES string of the molecule is CSCCC(NC(=O)c1ccccc1Cl)C(=O)NC(C)c1ccc(F)cc1F. The first-order valence-corrected chi connectivity index (χ1v) is 10.4. The van der Waals surface area contributed by atoms with Gasteiger partial charge in [0.25, 0.3) is 5.91 Å². The summed E-state index contributed by atoms with van der Waals surface area (Å²) < 4.78 is 27.0. The van der Waals surface area contributed by atoms with Gasteiger partial charge < -0.3 is 10.6 Å². The van der Waals surface area contributed by atoms with E-state index in [2.05, 4.69) is 10.6 Å². The molecule has 2 aromatic rings. The second-order valence-corrected chi connectivity index (χ2v) is 7.58. The quantitative estimate of drug-likeness (QED) is 0.659. The van der Waals surface area contributed by atoms with Crippen molar-refractivity contribution in [1.82, 2.24) is 10.6 Å². The summed E-state index contributed by atoms with van der Waals surface area (Å²) in [4.78, 5) is 25.2. The van der Waals surface area contributed by atoms with E-state index in [9.17, 15) is 18.4 Å². The first-order valence-electron chi connectivity index (χ1n) is 8.63. The van der Waals surface area contributed by atoms with Gasteiger partial charge in [0.05, 0.1) is 16.6 Å². The van der Waals surface area contributed by atoms with Crippen LogP contribution in [0.15, 0.2) is 42.5 Å². The monoisotopic (exact) mass is 426 g/mol. The topological polar surface area (TPSA) is 58.2 Å². The van der Waals surface area contributed by atoms with Gasteiger partial charge in [0, 0.05) is 11.6 Å². The summed E-state index contributed by atoms with van der Waals surface area (Å²) >= 11 is 7.58. The fourth-order valence-electron chi connectivity index (χ4n) is 2.63. The normalized spacial score (nSPS) is 12.9. The Balaban J connectivity index is 2.11. The summed E-state index contributed by atoms with van der Waals surface area (Å²) in [5, 5.41) is 5.65. The highest BCUT2D eigenvalue weighted by Crippen LogP contribution is 2.19. The lowest BCUT2D eigenvalue weighted by molar-refractivity contribution is -0.123. The van der Waals surface area contributed by atoms with Crippen molar-refractivity contribution >= 4 is 35.2 Å². The van der Waals surface area contributed by atoms with E-state index in [1.165, 1.54) is 17.8 Å². The van der Waals surface area contributed by atoms with Gasteiger partial charge in [-0.2, -0.15) is 11.8 Å². The zero-order valence-electron chi connectivity index (χ0n) is 15.5. The number of thioether (sulfide) groups is 1. The van der Waals surface area contributed by atoms with Gasteiger partial charge in [-0.3, -0.25) is 9.59 Å². The van der Waals surface area contributed by atoms with Crippen LogP contribution in [0.5, 0.6) is 0 Å². The van der Waals surface area contributed by atoms with Crippen LogP contribution in [0.3, 0.4) is 0 Å². The molecule has 2 rings (SSSR count). The van der Waals surface area contributed by atoms with Gasteiger partial charge in [-0.1, -0.05) is 29.8 Å². The minimum Gasteiger partial charge on any atom is -0.348 e. The van der Waals surface area contributed by atoms with Crippen LogP contribution in [0.4, 0.5) is 8.78 Å². The number of rotatable bonds is 8. The summed E-state index contributed by atoms with van der Waals surface area (Å²) in [6.07, 6.45) is 2.28. The largest absolute Gasteiger partial charge is 0.348 e. The highest BCUT2D eigenvalue weighted by Gasteiger charge is 2.24. The van der Waals surface area contributed by atoms with Crippen LogP contribution >= 0.6 is 23.4 Å². The Morgan fingerprint density at radius 1 is 1.14 bits per heavy atom. The molecule has 0 aliphatic carbocycles. The average Bonchev–Trinajstić information content (AvgIpc) is 2.65.